The number of amides is 2. The van der Waals surface area contributed by atoms with E-state index in [0.717, 1.165) is 23.8 Å². The van der Waals surface area contributed by atoms with Crippen LogP contribution in [0.2, 0.25) is 0 Å². The van der Waals surface area contributed by atoms with Gasteiger partial charge in [0.2, 0.25) is 5.91 Å². The fourth-order valence-corrected chi connectivity index (χ4v) is 3.64. The van der Waals surface area contributed by atoms with E-state index in [2.05, 4.69) is 10.3 Å². The quantitative estimate of drug-likeness (QED) is 0.693. The van der Waals surface area contributed by atoms with Crippen LogP contribution in [0.5, 0.6) is 0 Å². The molecular weight excluding hydrogens is 388 g/mol. The zero-order valence-corrected chi connectivity index (χ0v) is 16.2. The molecule has 1 aromatic heterocycles. The molecule has 5 nitrogen and oxygen atoms in total. The molecule has 2 heterocycles. The van der Waals surface area contributed by atoms with Gasteiger partial charge in [0.15, 0.2) is 0 Å². The summed E-state index contributed by atoms with van der Waals surface area (Å²) >= 11 is 0. The molecule has 4 rings (SSSR count). The van der Waals surface area contributed by atoms with Gasteiger partial charge in [-0.15, -0.1) is 0 Å². The first-order chi connectivity index (χ1) is 14.4. The van der Waals surface area contributed by atoms with Crippen LogP contribution in [-0.2, 0) is 11.3 Å². The van der Waals surface area contributed by atoms with Crippen LogP contribution in [0.1, 0.15) is 39.6 Å². The Morgan fingerprint density at radius 3 is 2.77 bits per heavy atom. The van der Waals surface area contributed by atoms with Gasteiger partial charge in [-0.05, 0) is 55.0 Å². The number of pyridine rings is 1. The molecule has 3 aromatic rings. The minimum atomic E-state index is -0.596. The van der Waals surface area contributed by atoms with E-state index in [1.807, 2.05) is 31.2 Å². The molecule has 2 aromatic carbocycles. The van der Waals surface area contributed by atoms with Crippen molar-refractivity contribution in [1.82, 2.24) is 10.3 Å². The van der Waals surface area contributed by atoms with Gasteiger partial charge in [-0.2, -0.15) is 0 Å². The summed E-state index contributed by atoms with van der Waals surface area (Å²) in [5.74, 6) is -1.79. The Labute approximate surface area is 172 Å². The van der Waals surface area contributed by atoms with Crippen molar-refractivity contribution in [3.63, 3.8) is 0 Å². The molecule has 2 amide bonds. The molecular formula is C23H19F2N3O2. The molecule has 0 radical (unpaired) electrons. The molecule has 1 aliphatic rings. The molecule has 0 fully saturated rings. The summed E-state index contributed by atoms with van der Waals surface area (Å²) in [4.78, 5) is 31.6. The molecule has 0 bridgehead atoms. The van der Waals surface area contributed by atoms with Gasteiger partial charge in [0.1, 0.15) is 11.6 Å². The van der Waals surface area contributed by atoms with E-state index < -0.39 is 23.6 Å². The number of rotatable bonds is 5. The fraction of sp³-hybridized carbons (Fsp3) is 0.174. The van der Waals surface area contributed by atoms with Crippen LogP contribution >= 0.6 is 0 Å². The van der Waals surface area contributed by atoms with Crippen molar-refractivity contribution < 1.29 is 18.4 Å². The normalized spacial score (nSPS) is 15.2. The molecule has 1 atom stereocenters. The van der Waals surface area contributed by atoms with E-state index in [1.165, 1.54) is 0 Å². The van der Waals surface area contributed by atoms with Gasteiger partial charge in [0.05, 0.1) is 23.7 Å². The van der Waals surface area contributed by atoms with Gasteiger partial charge in [0, 0.05) is 24.0 Å². The van der Waals surface area contributed by atoms with Gasteiger partial charge in [-0.1, -0.05) is 12.1 Å². The lowest BCUT2D eigenvalue weighted by Crippen LogP contribution is -2.33. The lowest BCUT2D eigenvalue weighted by molar-refractivity contribution is -0.121. The van der Waals surface area contributed by atoms with E-state index in [4.69, 9.17) is 0 Å². The topological polar surface area (TPSA) is 62.3 Å². The number of halogens is 2. The summed E-state index contributed by atoms with van der Waals surface area (Å²) in [6.07, 6.45) is 1.53. The number of carbonyl (C=O) groups excluding carboxylic acids is 2. The van der Waals surface area contributed by atoms with Crippen molar-refractivity contribution in [2.45, 2.75) is 25.9 Å². The van der Waals surface area contributed by atoms with E-state index in [9.17, 15) is 18.4 Å². The van der Waals surface area contributed by atoms with Crippen molar-refractivity contribution in [3.05, 3.63) is 94.8 Å². The number of aryl methyl sites for hydroxylation is 1. The summed E-state index contributed by atoms with van der Waals surface area (Å²) in [6, 6.07) is 13.3. The Morgan fingerprint density at radius 1 is 1.13 bits per heavy atom. The molecule has 152 valence electrons. The Balaban J connectivity index is 1.57. The highest BCUT2D eigenvalue weighted by atomic mass is 19.1. The van der Waals surface area contributed by atoms with E-state index in [-0.39, 0.29) is 24.4 Å². The Bertz CT molecular complexity index is 1130. The van der Waals surface area contributed by atoms with E-state index in [1.54, 1.807) is 23.2 Å². The molecule has 0 spiro atoms. The predicted molar refractivity (Wildman–Crippen MR) is 108 cm³/mol. The van der Waals surface area contributed by atoms with Crippen molar-refractivity contribution in [3.8, 4) is 0 Å². The summed E-state index contributed by atoms with van der Waals surface area (Å²) in [6.45, 7) is 1.77. The number of fused-ring (bicyclic) bond motifs is 1. The van der Waals surface area contributed by atoms with Crippen LogP contribution in [0.15, 0.2) is 60.8 Å². The first kappa shape index (κ1) is 19.7. The number of anilines is 1. The Hall–Kier alpha value is -3.61. The van der Waals surface area contributed by atoms with Crippen molar-refractivity contribution >= 4 is 17.5 Å². The van der Waals surface area contributed by atoms with E-state index >= 15 is 0 Å². The lowest BCUT2D eigenvalue weighted by Gasteiger charge is -2.25. The second-order valence-corrected chi connectivity index (χ2v) is 7.18. The minimum Gasteiger partial charge on any atom is -0.352 e. The van der Waals surface area contributed by atoms with Crippen LogP contribution in [-0.4, -0.2) is 16.8 Å². The van der Waals surface area contributed by atoms with Crippen LogP contribution in [0.3, 0.4) is 0 Å². The molecule has 7 heteroatoms. The zero-order chi connectivity index (χ0) is 21.3. The van der Waals surface area contributed by atoms with Gasteiger partial charge < -0.3 is 5.32 Å². The number of aromatic nitrogens is 1. The molecule has 30 heavy (non-hydrogen) atoms. The molecule has 1 aliphatic heterocycles. The van der Waals surface area contributed by atoms with Crippen molar-refractivity contribution in [2.24, 2.45) is 0 Å². The summed E-state index contributed by atoms with van der Waals surface area (Å²) in [5, 5.41) is 2.61. The maximum absolute atomic E-state index is 13.8. The first-order valence-corrected chi connectivity index (χ1v) is 9.50. The third-order valence-corrected chi connectivity index (χ3v) is 5.06. The molecule has 0 saturated carbocycles. The van der Waals surface area contributed by atoms with Gasteiger partial charge in [-0.3, -0.25) is 19.5 Å². The highest BCUT2D eigenvalue weighted by Gasteiger charge is 2.39. The highest BCUT2D eigenvalue weighted by molar-refractivity contribution is 6.11. The van der Waals surface area contributed by atoms with Crippen LogP contribution in [0, 0.1) is 18.6 Å². The molecule has 1 N–H and O–H groups in total. The number of carbonyl (C=O) groups is 2. The number of benzene rings is 2. The number of nitrogens with one attached hydrogen (secondary N) is 1. The highest BCUT2D eigenvalue weighted by Crippen LogP contribution is 2.38. The molecule has 0 unspecified atom stereocenters. The standard InChI is InChI=1S/C23H19F2N3O2/c1-14-4-2-5-17(10-14)28-20(22-18(23(28)30)6-3-9-26-22)12-21(29)27-13-15-11-16(24)7-8-19(15)25/h2-11,20H,12-13H2,1H3,(H,27,29)/t20-/m0/s1. The first-order valence-electron chi connectivity index (χ1n) is 9.50. The van der Waals surface area contributed by atoms with Gasteiger partial charge >= 0.3 is 0 Å². The predicted octanol–water partition coefficient (Wildman–Crippen LogP) is 4.08. The van der Waals surface area contributed by atoms with Gasteiger partial charge in [-0.25, -0.2) is 8.78 Å². The second-order valence-electron chi connectivity index (χ2n) is 7.18. The largest absolute Gasteiger partial charge is 0.352 e. The number of nitrogens with zero attached hydrogens (tertiary/aromatic N) is 2. The maximum Gasteiger partial charge on any atom is 0.260 e. The van der Waals surface area contributed by atoms with Crippen LogP contribution < -0.4 is 10.2 Å². The van der Waals surface area contributed by atoms with Crippen LogP contribution in [0.25, 0.3) is 0 Å². The Kier molecular flexibility index (Phi) is 5.27. The van der Waals surface area contributed by atoms with Crippen molar-refractivity contribution in [2.75, 3.05) is 4.90 Å². The average Bonchev–Trinajstić information content (AvgIpc) is 3.00. The minimum absolute atomic E-state index is 0.0549. The smallest absolute Gasteiger partial charge is 0.260 e. The average molecular weight is 407 g/mol. The summed E-state index contributed by atoms with van der Waals surface area (Å²) in [5.41, 5.74) is 2.69. The van der Waals surface area contributed by atoms with Crippen molar-refractivity contribution in [1.29, 1.82) is 0 Å². The third-order valence-electron chi connectivity index (χ3n) is 5.06. The lowest BCUT2D eigenvalue weighted by atomic mass is 10.1. The zero-order valence-electron chi connectivity index (χ0n) is 16.2. The third kappa shape index (κ3) is 3.78. The van der Waals surface area contributed by atoms with Crippen LogP contribution in [0.4, 0.5) is 14.5 Å². The summed E-state index contributed by atoms with van der Waals surface area (Å²) in [7, 11) is 0. The summed E-state index contributed by atoms with van der Waals surface area (Å²) < 4.78 is 27.2. The number of hydrogen-bond donors (Lipinski definition) is 1. The molecule has 0 saturated heterocycles. The molecule has 0 aliphatic carbocycles. The fourth-order valence-electron chi connectivity index (χ4n) is 3.64. The van der Waals surface area contributed by atoms with Gasteiger partial charge in [0.25, 0.3) is 5.91 Å². The maximum atomic E-state index is 13.8. The monoisotopic (exact) mass is 407 g/mol. The number of hydrogen-bond acceptors (Lipinski definition) is 3. The SMILES string of the molecule is Cc1cccc(N2C(=O)c3cccnc3[C@@H]2CC(=O)NCc2cc(F)ccc2F)c1. The van der Waals surface area contributed by atoms with E-state index in [0.29, 0.717) is 16.9 Å². The Morgan fingerprint density at radius 2 is 1.97 bits per heavy atom. The second kappa shape index (κ2) is 8.02.